The van der Waals surface area contributed by atoms with Crippen LogP contribution in [0.2, 0.25) is 5.02 Å². The molecule has 0 aliphatic heterocycles. The average molecular weight is 421 g/mol. The monoisotopic (exact) mass is 420 g/mol. The molecule has 0 aliphatic rings. The fourth-order valence-electron chi connectivity index (χ4n) is 2.52. The molecule has 2 rings (SSSR count). The van der Waals surface area contributed by atoms with Crippen LogP contribution in [0, 0.1) is 10.1 Å². The zero-order valence-corrected chi connectivity index (χ0v) is 16.7. The summed E-state index contributed by atoms with van der Waals surface area (Å²) in [6, 6.07) is 11.5. The van der Waals surface area contributed by atoms with Gasteiger partial charge in [-0.1, -0.05) is 29.8 Å². The van der Waals surface area contributed by atoms with E-state index in [1.807, 2.05) is 0 Å². The van der Waals surface area contributed by atoms with E-state index in [-0.39, 0.29) is 24.8 Å². The van der Waals surface area contributed by atoms with Crippen LogP contribution in [0.5, 0.6) is 5.75 Å². The lowest BCUT2D eigenvalue weighted by atomic mass is 10.0. The second-order valence-electron chi connectivity index (χ2n) is 6.42. The van der Waals surface area contributed by atoms with Crippen LogP contribution in [0.4, 0.5) is 5.69 Å². The van der Waals surface area contributed by atoms with Gasteiger partial charge in [-0.05, 0) is 37.6 Å². The molecule has 9 heteroatoms. The third kappa shape index (κ3) is 7.08. The van der Waals surface area contributed by atoms with Gasteiger partial charge in [0.15, 0.2) is 6.61 Å². The SMILES string of the molecule is CC(C)OC(=O)CC(NC(=O)COc1ccc([N+](=O)[O-])cc1)c1ccccc1Cl. The third-order valence-corrected chi connectivity index (χ3v) is 4.12. The number of halogens is 1. The predicted octanol–water partition coefficient (Wildman–Crippen LogP) is 3.83. The highest BCUT2D eigenvalue weighted by Gasteiger charge is 2.22. The second kappa shape index (κ2) is 10.4. The van der Waals surface area contributed by atoms with E-state index < -0.39 is 22.8 Å². The minimum atomic E-state index is -0.692. The maximum absolute atomic E-state index is 12.4. The molecule has 8 nitrogen and oxygen atoms in total. The molecule has 1 atom stereocenters. The van der Waals surface area contributed by atoms with E-state index in [4.69, 9.17) is 21.1 Å². The Hall–Kier alpha value is -3.13. The van der Waals surface area contributed by atoms with Crippen LogP contribution >= 0.6 is 11.6 Å². The van der Waals surface area contributed by atoms with Crippen LogP contribution in [0.3, 0.4) is 0 Å². The zero-order valence-electron chi connectivity index (χ0n) is 16.0. The minimum absolute atomic E-state index is 0.0794. The summed E-state index contributed by atoms with van der Waals surface area (Å²) < 4.78 is 10.5. The first kappa shape index (κ1) is 22.2. The lowest BCUT2D eigenvalue weighted by Crippen LogP contribution is -2.34. The number of esters is 1. The summed E-state index contributed by atoms with van der Waals surface area (Å²) in [5.74, 6) is -0.647. The smallest absolute Gasteiger partial charge is 0.308 e. The number of hydrogen-bond acceptors (Lipinski definition) is 6. The van der Waals surface area contributed by atoms with Crippen molar-refractivity contribution in [1.29, 1.82) is 0 Å². The van der Waals surface area contributed by atoms with Gasteiger partial charge < -0.3 is 14.8 Å². The first-order valence-electron chi connectivity index (χ1n) is 8.86. The Labute approximate surface area is 172 Å². The number of hydrogen-bond donors (Lipinski definition) is 1. The summed E-state index contributed by atoms with van der Waals surface area (Å²) in [6.07, 6.45) is -0.374. The first-order chi connectivity index (χ1) is 13.8. The molecule has 2 aromatic carbocycles. The molecule has 0 aromatic heterocycles. The van der Waals surface area contributed by atoms with Gasteiger partial charge in [-0.15, -0.1) is 0 Å². The minimum Gasteiger partial charge on any atom is -0.484 e. The van der Waals surface area contributed by atoms with Gasteiger partial charge in [-0.2, -0.15) is 0 Å². The van der Waals surface area contributed by atoms with Crippen molar-refractivity contribution in [1.82, 2.24) is 5.32 Å². The number of carbonyl (C=O) groups is 2. The number of nitro groups is 1. The number of non-ortho nitro benzene ring substituents is 1. The van der Waals surface area contributed by atoms with Gasteiger partial charge >= 0.3 is 5.97 Å². The molecule has 0 saturated carbocycles. The Morgan fingerprint density at radius 1 is 1.14 bits per heavy atom. The highest BCUT2D eigenvalue weighted by atomic mass is 35.5. The van der Waals surface area contributed by atoms with E-state index in [1.165, 1.54) is 24.3 Å². The van der Waals surface area contributed by atoms with Crippen molar-refractivity contribution in [3.63, 3.8) is 0 Å². The number of amides is 1. The van der Waals surface area contributed by atoms with E-state index in [1.54, 1.807) is 38.1 Å². The fourth-order valence-corrected chi connectivity index (χ4v) is 2.79. The van der Waals surface area contributed by atoms with Crippen molar-refractivity contribution in [3.05, 3.63) is 69.2 Å². The molecule has 0 fully saturated rings. The van der Waals surface area contributed by atoms with Gasteiger partial charge in [0.25, 0.3) is 11.6 Å². The molecule has 1 unspecified atom stereocenters. The summed E-state index contributed by atoms with van der Waals surface area (Å²) in [7, 11) is 0. The van der Waals surface area contributed by atoms with Gasteiger partial charge in [0.2, 0.25) is 0 Å². The normalized spacial score (nSPS) is 11.6. The number of nitrogens with one attached hydrogen (secondary N) is 1. The highest BCUT2D eigenvalue weighted by molar-refractivity contribution is 6.31. The van der Waals surface area contributed by atoms with Gasteiger partial charge in [-0.25, -0.2) is 0 Å². The first-order valence-corrected chi connectivity index (χ1v) is 9.24. The zero-order chi connectivity index (χ0) is 21.4. The molecule has 0 spiro atoms. The maximum Gasteiger partial charge on any atom is 0.308 e. The van der Waals surface area contributed by atoms with Crippen molar-refractivity contribution in [2.75, 3.05) is 6.61 Å². The van der Waals surface area contributed by atoms with Crippen molar-refractivity contribution in [2.24, 2.45) is 0 Å². The molecule has 0 aliphatic carbocycles. The number of ether oxygens (including phenoxy) is 2. The number of carbonyl (C=O) groups excluding carboxylic acids is 2. The van der Waals surface area contributed by atoms with Crippen LogP contribution in [0.25, 0.3) is 0 Å². The second-order valence-corrected chi connectivity index (χ2v) is 6.83. The summed E-state index contributed by atoms with van der Waals surface area (Å²) in [5.41, 5.74) is 0.503. The van der Waals surface area contributed by atoms with E-state index in [0.717, 1.165) is 0 Å². The quantitative estimate of drug-likeness (QED) is 0.375. The van der Waals surface area contributed by atoms with Gasteiger partial charge in [-0.3, -0.25) is 19.7 Å². The largest absolute Gasteiger partial charge is 0.484 e. The molecule has 154 valence electrons. The van der Waals surface area contributed by atoms with Crippen LogP contribution < -0.4 is 10.1 Å². The molecular weight excluding hydrogens is 400 g/mol. The summed E-state index contributed by atoms with van der Waals surface area (Å²) in [5, 5.41) is 13.8. The Morgan fingerprint density at radius 3 is 2.38 bits per heavy atom. The molecule has 1 amide bonds. The Balaban J connectivity index is 2.03. The number of nitro benzene ring substituents is 1. The topological polar surface area (TPSA) is 108 Å². The molecule has 0 radical (unpaired) electrons. The highest BCUT2D eigenvalue weighted by Crippen LogP contribution is 2.26. The van der Waals surface area contributed by atoms with Gasteiger partial charge in [0.05, 0.1) is 23.5 Å². The van der Waals surface area contributed by atoms with Crippen molar-refractivity contribution < 1.29 is 24.0 Å². The van der Waals surface area contributed by atoms with Crippen LogP contribution in [0.1, 0.15) is 31.9 Å². The standard InChI is InChI=1S/C20H21ClN2O6/c1-13(2)29-20(25)11-18(16-5-3-4-6-17(16)21)22-19(24)12-28-15-9-7-14(8-10-15)23(26)27/h3-10,13,18H,11-12H2,1-2H3,(H,22,24). The lowest BCUT2D eigenvalue weighted by molar-refractivity contribution is -0.384. The van der Waals surface area contributed by atoms with Gasteiger partial charge in [0, 0.05) is 17.2 Å². The number of nitrogens with zero attached hydrogens (tertiary/aromatic N) is 1. The Bertz CT molecular complexity index is 870. The molecule has 0 bridgehead atoms. The number of benzene rings is 2. The molecule has 2 aromatic rings. The summed E-state index contributed by atoms with van der Waals surface area (Å²) >= 11 is 6.22. The van der Waals surface area contributed by atoms with Crippen LogP contribution in [-0.4, -0.2) is 29.5 Å². The Morgan fingerprint density at radius 2 is 1.79 bits per heavy atom. The van der Waals surface area contributed by atoms with Gasteiger partial charge in [0.1, 0.15) is 5.75 Å². The van der Waals surface area contributed by atoms with E-state index in [9.17, 15) is 19.7 Å². The molecule has 1 N–H and O–H groups in total. The third-order valence-electron chi connectivity index (χ3n) is 3.77. The summed E-state index contributed by atoms with van der Waals surface area (Å²) in [6.45, 7) is 3.13. The molecule has 29 heavy (non-hydrogen) atoms. The molecule has 0 saturated heterocycles. The lowest BCUT2D eigenvalue weighted by Gasteiger charge is -2.20. The van der Waals surface area contributed by atoms with Crippen LogP contribution in [-0.2, 0) is 14.3 Å². The molecule has 0 heterocycles. The van der Waals surface area contributed by atoms with Crippen LogP contribution in [0.15, 0.2) is 48.5 Å². The maximum atomic E-state index is 12.4. The number of rotatable bonds is 9. The van der Waals surface area contributed by atoms with Crippen molar-refractivity contribution in [3.8, 4) is 5.75 Å². The van der Waals surface area contributed by atoms with Crippen molar-refractivity contribution in [2.45, 2.75) is 32.4 Å². The Kier molecular flexibility index (Phi) is 7.97. The molecular formula is C20H21ClN2O6. The van der Waals surface area contributed by atoms with E-state index in [0.29, 0.717) is 16.3 Å². The summed E-state index contributed by atoms with van der Waals surface area (Å²) in [4.78, 5) is 34.6. The fraction of sp³-hybridized carbons (Fsp3) is 0.300. The van der Waals surface area contributed by atoms with E-state index >= 15 is 0 Å². The van der Waals surface area contributed by atoms with Crippen molar-refractivity contribution >= 4 is 29.2 Å². The van der Waals surface area contributed by atoms with E-state index in [2.05, 4.69) is 5.32 Å². The average Bonchev–Trinajstić information content (AvgIpc) is 2.66. The predicted molar refractivity (Wildman–Crippen MR) is 107 cm³/mol.